The van der Waals surface area contributed by atoms with Crippen LogP contribution < -0.4 is 4.90 Å². The first-order valence-corrected chi connectivity index (χ1v) is 9.22. The van der Waals surface area contributed by atoms with Gasteiger partial charge in [0.1, 0.15) is 0 Å². The summed E-state index contributed by atoms with van der Waals surface area (Å²) in [5, 5.41) is 8.57. The van der Waals surface area contributed by atoms with Crippen LogP contribution in [0.5, 0.6) is 0 Å². The molecule has 1 saturated carbocycles. The molecule has 6 heteroatoms. The molecule has 126 valence electrons. The monoisotopic (exact) mass is 342 g/mol. The smallest absolute Gasteiger partial charge is 0.226 e. The lowest BCUT2D eigenvalue weighted by atomic mass is 10.1. The second-order valence-electron chi connectivity index (χ2n) is 6.98. The first-order chi connectivity index (χ1) is 11.5. The third kappa shape index (κ3) is 2.79. The van der Waals surface area contributed by atoms with E-state index < -0.39 is 0 Å². The molecule has 24 heavy (non-hydrogen) atoms. The molecule has 2 aromatic heterocycles. The molecule has 0 spiro atoms. The summed E-state index contributed by atoms with van der Waals surface area (Å²) in [6.45, 7) is 3.55. The molecule has 1 aliphatic heterocycles. The second kappa shape index (κ2) is 5.84. The molecule has 5 nitrogen and oxygen atoms in total. The van der Waals surface area contributed by atoms with Gasteiger partial charge >= 0.3 is 0 Å². The number of fused-ring (bicyclic) bond motifs is 1. The molecule has 1 aliphatic carbocycles. The topological polar surface area (TPSA) is 49.3 Å². The molecule has 1 amide bonds. The predicted molar refractivity (Wildman–Crippen MR) is 95.4 cm³/mol. The second-order valence-corrected chi connectivity index (χ2v) is 8.30. The molecule has 0 N–H and O–H groups in total. The van der Waals surface area contributed by atoms with E-state index in [1.807, 2.05) is 35.2 Å². The fourth-order valence-electron chi connectivity index (χ4n) is 3.39. The van der Waals surface area contributed by atoms with Gasteiger partial charge in [0.05, 0.1) is 5.69 Å². The van der Waals surface area contributed by atoms with Crippen molar-refractivity contribution in [3.05, 3.63) is 39.2 Å². The van der Waals surface area contributed by atoms with Crippen molar-refractivity contribution in [3.8, 4) is 0 Å². The highest BCUT2D eigenvalue weighted by Gasteiger charge is 2.46. The zero-order valence-electron chi connectivity index (χ0n) is 14.3. The molecular weight excluding hydrogens is 320 g/mol. The number of aromatic nitrogens is 2. The van der Waals surface area contributed by atoms with Crippen molar-refractivity contribution in [3.63, 3.8) is 0 Å². The zero-order valence-corrected chi connectivity index (χ0v) is 15.1. The highest BCUT2D eigenvalue weighted by molar-refractivity contribution is 7.12. The zero-order chi connectivity index (χ0) is 16.8. The molecular formula is C18H22N4OS. The third-order valence-corrected chi connectivity index (χ3v) is 6.06. The lowest BCUT2D eigenvalue weighted by molar-refractivity contribution is -0.133. The first kappa shape index (κ1) is 15.6. The maximum Gasteiger partial charge on any atom is 0.226 e. The fraction of sp³-hybridized carbons (Fsp3) is 0.500. The van der Waals surface area contributed by atoms with Crippen LogP contribution in [0.4, 0.5) is 5.82 Å². The summed E-state index contributed by atoms with van der Waals surface area (Å²) >= 11 is 1.83. The Labute approximate surface area is 146 Å². The number of hydrogen-bond donors (Lipinski definition) is 0. The molecule has 0 saturated heterocycles. The Balaban J connectivity index is 1.46. The Bertz CT molecular complexity index is 785. The molecule has 4 rings (SSSR count). The van der Waals surface area contributed by atoms with Crippen LogP contribution in [0.3, 0.4) is 0 Å². The average molecular weight is 342 g/mol. The number of anilines is 1. The molecule has 0 radical (unpaired) electrons. The molecule has 0 unspecified atom stereocenters. The Morgan fingerprint density at radius 2 is 2.17 bits per heavy atom. The number of hydrogen-bond acceptors (Lipinski definition) is 5. The molecule has 2 atom stereocenters. The van der Waals surface area contributed by atoms with Gasteiger partial charge in [-0.05, 0) is 37.1 Å². The van der Waals surface area contributed by atoms with Crippen LogP contribution in [0, 0.1) is 12.8 Å². The summed E-state index contributed by atoms with van der Waals surface area (Å²) < 4.78 is 0. The van der Waals surface area contributed by atoms with Gasteiger partial charge in [-0.3, -0.25) is 4.79 Å². The lowest BCUT2D eigenvalue weighted by Crippen LogP contribution is -2.37. The quantitative estimate of drug-likeness (QED) is 0.860. The number of aryl methyl sites for hydroxylation is 1. The maximum absolute atomic E-state index is 12.9. The van der Waals surface area contributed by atoms with E-state index in [1.165, 1.54) is 9.75 Å². The summed E-state index contributed by atoms with van der Waals surface area (Å²) in [4.78, 5) is 19.5. The van der Waals surface area contributed by atoms with Crippen molar-refractivity contribution >= 4 is 23.1 Å². The van der Waals surface area contributed by atoms with Crippen molar-refractivity contribution in [2.45, 2.75) is 32.2 Å². The van der Waals surface area contributed by atoms with Gasteiger partial charge in [0, 0.05) is 55.2 Å². The van der Waals surface area contributed by atoms with Crippen LogP contribution in [0.1, 0.15) is 33.4 Å². The number of carbonyl (C=O) groups excluding carboxylic acids is 1. The molecule has 2 aromatic rings. The molecule has 3 heterocycles. The van der Waals surface area contributed by atoms with E-state index in [-0.39, 0.29) is 5.92 Å². The summed E-state index contributed by atoms with van der Waals surface area (Å²) in [6.07, 6.45) is 1.80. The number of carbonyl (C=O) groups is 1. The van der Waals surface area contributed by atoms with E-state index in [4.69, 9.17) is 0 Å². The van der Waals surface area contributed by atoms with Gasteiger partial charge in [0.15, 0.2) is 5.82 Å². The van der Waals surface area contributed by atoms with Crippen LogP contribution in [0.2, 0.25) is 0 Å². The average Bonchev–Trinajstić information content (AvgIpc) is 3.27. The number of thiophene rings is 1. The van der Waals surface area contributed by atoms with Crippen molar-refractivity contribution in [2.24, 2.45) is 5.92 Å². The van der Waals surface area contributed by atoms with Gasteiger partial charge in [-0.25, -0.2) is 0 Å². The summed E-state index contributed by atoms with van der Waals surface area (Å²) in [7, 11) is 3.92. The molecule has 2 aliphatic rings. The number of amides is 1. The SMILES string of the molecule is Cc1ccc([C@@H]2C[C@H]2C(=O)N2CCc3nnc(N(C)C)cc3C2)s1. The van der Waals surface area contributed by atoms with Crippen molar-refractivity contribution in [1.82, 2.24) is 15.1 Å². The summed E-state index contributed by atoms with van der Waals surface area (Å²) in [5.74, 6) is 1.76. The normalized spacial score (nSPS) is 22.2. The van der Waals surface area contributed by atoms with Crippen LogP contribution in [0.25, 0.3) is 0 Å². The standard InChI is InChI=1S/C18H22N4OS/c1-11-4-5-16(24-11)13-9-14(13)18(23)22-7-6-15-12(10-22)8-17(20-19-15)21(2)3/h4-5,8,13-14H,6-7,9-10H2,1-3H3/t13-,14-/m1/s1. The van der Waals surface area contributed by atoms with Gasteiger partial charge < -0.3 is 9.80 Å². The van der Waals surface area contributed by atoms with Gasteiger partial charge in [-0.2, -0.15) is 5.10 Å². The van der Waals surface area contributed by atoms with Crippen LogP contribution in [-0.2, 0) is 17.8 Å². The van der Waals surface area contributed by atoms with E-state index >= 15 is 0 Å². The van der Waals surface area contributed by atoms with E-state index in [9.17, 15) is 4.79 Å². The predicted octanol–water partition coefficient (Wildman–Crippen LogP) is 2.60. The van der Waals surface area contributed by atoms with Crippen LogP contribution in [-0.4, -0.2) is 41.6 Å². The van der Waals surface area contributed by atoms with Gasteiger partial charge in [0.2, 0.25) is 5.91 Å². The van der Waals surface area contributed by atoms with Crippen molar-refractivity contribution in [1.29, 1.82) is 0 Å². The lowest BCUT2D eigenvalue weighted by Gasteiger charge is -2.29. The van der Waals surface area contributed by atoms with Crippen LogP contribution in [0.15, 0.2) is 18.2 Å². The first-order valence-electron chi connectivity index (χ1n) is 8.41. The van der Waals surface area contributed by atoms with E-state index in [0.717, 1.165) is 36.5 Å². The highest BCUT2D eigenvalue weighted by Crippen LogP contribution is 2.50. The number of nitrogens with zero attached hydrogens (tertiary/aromatic N) is 4. The van der Waals surface area contributed by atoms with E-state index in [2.05, 4.69) is 35.3 Å². The summed E-state index contributed by atoms with van der Waals surface area (Å²) in [6, 6.07) is 6.40. The summed E-state index contributed by atoms with van der Waals surface area (Å²) in [5.41, 5.74) is 2.17. The van der Waals surface area contributed by atoms with Crippen molar-refractivity contribution < 1.29 is 4.79 Å². The minimum absolute atomic E-state index is 0.174. The van der Waals surface area contributed by atoms with Crippen LogP contribution >= 0.6 is 11.3 Å². The minimum atomic E-state index is 0.174. The molecule has 0 bridgehead atoms. The Hall–Kier alpha value is -1.95. The Kier molecular flexibility index (Phi) is 3.79. The highest BCUT2D eigenvalue weighted by atomic mass is 32.1. The van der Waals surface area contributed by atoms with Gasteiger partial charge in [0.25, 0.3) is 0 Å². The fourth-order valence-corrected chi connectivity index (χ4v) is 4.45. The third-order valence-electron chi connectivity index (χ3n) is 4.93. The van der Waals surface area contributed by atoms with E-state index in [1.54, 1.807) is 0 Å². The van der Waals surface area contributed by atoms with Gasteiger partial charge in [-0.15, -0.1) is 16.4 Å². The van der Waals surface area contributed by atoms with Crippen molar-refractivity contribution in [2.75, 3.05) is 25.5 Å². The Morgan fingerprint density at radius 3 is 2.88 bits per heavy atom. The number of rotatable bonds is 3. The largest absolute Gasteiger partial charge is 0.361 e. The minimum Gasteiger partial charge on any atom is -0.361 e. The Morgan fingerprint density at radius 1 is 1.33 bits per heavy atom. The van der Waals surface area contributed by atoms with E-state index in [0.29, 0.717) is 18.4 Å². The maximum atomic E-state index is 12.9. The van der Waals surface area contributed by atoms with Gasteiger partial charge in [-0.1, -0.05) is 0 Å². The molecule has 1 fully saturated rings. The molecule has 0 aromatic carbocycles.